The zero-order valence-electron chi connectivity index (χ0n) is 13.3. The molecule has 130 valence electrons. The van der Waals surface area contributed by atoms with Crippen molar-refractivity contribution in [2.75, 3.05) is 19.1 Å². The van der Waals surface area contributed by atoms with E-state index < -0.39 is 22.0 Å². The first-order valence-electron chi connectivity index (χ1n) is 7.17. The maximum Gasteiger partial charge on any atom is 0.323 e. The lowest BCUT2D eigenvalue weighted by Gasteiger charge is -2.17. The van der Waals surface area contributed by atoms with Crippen molar-refractivity contribution in [2.45, 2.75) is 17.4 Å². The Morgan fingerprint density at radius 3 is 2.54 bits per heavy atom. The molecule has 1 N–H and O–H groups in total. The third-order valence-corrected chi connectivity index (χ3v) is 6.38. The molecule has 0 saturated carbocycles. The van der Waals surface area contributed by atoms with E-state index in [9.17, 15) is 13.2 Å². The number of esters is 1. The van der Waals surface area contributed by atoms with Crippen LogP contribution in [0.3, 0.4) is 0 Å². The van der Waals surface area contributed by atoms with Crippen LogP contribution in [0.25, 0.3) is 10.8 Å². The summed E-state index contributed by atoms with van der Waals surface area (Å²) in [5, 5.41) is 1.38. The van der Waals surface area contributed by atoms with Crippen LogP contribution in [0.15, 0.2) is 45.8 Å². The number of nitrogens with one attached hydrogen (secondary N) is 1. The van der Waals surface area contributed by atoms with Crippen molar-refractivity contribution in [3.05, 3.63) is 40.9 Å². The van der Waals surface area contributed by atoms with Gasteiger partial charge in [0.25, 0.3) is 0 Å². The molecule has 1 atom stereocenters. The van der Waals surface area contributed by atoms with Crippen LogP contribution in [0, 0.1) is 0 Å². The highest BCUT2D eigenvalue weighted by Gasteiger charge is 2.27. The SMILES string of the molecule is COC(=O)C(CCSC)NS(=O)(=O)c1ccc(Br)c2ccccc12. The molecule has 0 spiro atoms. The first-order chi connectivity index (χ1) is 11.4. The quantitative estimate of drug-likeness (QED) is 0.681. The summed E-state index contributed by atoms with van der Waals surface area (Å²) in [6, 6.07) is 9.50. The Kier molecular flexibility index (Phi) is 6.68. The van der Waals surface area contributed by atoms with Crippen LogP contribution in [-0.4, -0.2) is 39.5 Å². The van der Waals surface area contributed by atoms with Gasteiger partial charge >= 0.3 is 5.97 Å². The molecule has 0 heterocycles. The van der Waals surface area contributed by atoms with Crippen LogP contribution in [0.5, 0.6) is 0 Å². The van der Waals surface area contributed by atoms with Gasteiger partial charge in [0.15, 0.2) is 0 Å². The number of carbonyl (C=O) groups is 1. The summed E-state index contributed by atoms with van der Waals surface area (Å²) >= 11 is 4.96. The summed E-state index contributed by atoms with van der Waals surface area (Å²) in [7, 11) is -2.62. The monoisotopic (exact) mass is 431 g/mol. The van der Waals surface area contributed by atoms with Crippen LogP contribution in [0.4, 0.5) is 0 Å². The number of sulfonamides is 1. The third-order valence-electron chi connectivity index (χ3n) is 3.51. The molecule has 24 heavy (non-hydrogen) atoms. The fourth-order valence-corrected chi connectivity index (χ4v) is 4.70. The molecular formula is C16H18BrNO4S2. The van der Waals surface area contributed by atoms with E-state index in [1.54, 1.807) is 18.2 Å². The van der Waals surface area contributed by atoms with Gasteiger partial charge in [-0.25, -0.2) is 8.42 Å². The molecule has 0 fully saturated rings. The Labute approximate surface area is 154 Å². The van der Waals surface area contributed by atoms with Crippen molar-refractivity contribution in [1.82, 2.24) is 4.72 Å². The number of fused-ring (bicyclic) bond motifs is 1. The average Bonchev–Trinajstić information content (AvgIpc) is 2.58. The van der Waals surface area contributed by atoms with Crippen LogP contribution in [0.2, 0.25) is 0 Å². The maximum absolute atomic E-state index is 12.8. The lowest BCUT2D eigenvalue weighted by molar-refractivity contribution is -0.142. The molecule has 5 nitrogen and oxygen atoms in total. The lowest BCUT2D eigenvalue weighted by atomic mass is 10.1. The molecule has 0 amide bonds. The predicted molar refractivity (Wildman–Crippen MR) is 101 cm³/mol. The van der Waals surface area contributed by atoms with Crippen LogP contribution >= 0.6 is 27.7 Å². The molecule has 1 unspecified atom stereocenters. The number of rotatable bonds is 7. The first-order valence-corrected chi connectivity index (χ1v) is 10.8. The van der Waals surface area contributed by atoms with E-state index in [0.29, 0.717) is 17.6 Å². The summed E-state index contributed by atoms with van der Waals surface area (Å²) in [5.41, 5.74) is 0. The minimum Gasteiger partial charge on any atom is -0.468 e. The summed E-state index contributed by atoms with van der Waals surface area (Å²) in [6.07, 6.45) is 2.26. The molecule has 2 aromatic carbocycles. The summed E-state index contributed by atoms with van der Waals surface area (Å²) in [5.74, 6) is 0.0534. The second-order valence-electron chi connectivity index (χ2n) is 5.07. The molecule has 8 heteroatoms. The Morgan fingerprint density at radius 2 is 1.92 bits per heavy atom. The molecule has 0 radical (unpaired) electrons. The minimum atomic E-state index is -3.87. The number of benzene rings is 2. The summed E-state index contributed by atoms with van der Waals surface area (Å²) in [6.45, 7) is 0. The van der Waals surface area contributed by atoms with Gasteiger partial charge < -0.3 is 4.74 Å². The highest BCUT2D eigenvalue weighted by atomic mass is 79.9. The molecule has 0 aromatic heterocycles. The smallest absolute Gasteiger partial charge is 0.323 e. The lowest BCUT2D eigenvalue weighted by Crippen LogP contribution is -2.41. The summed E-state index contributed by atoms with van der Waals surface area (Å²) in [4.78, 5) is 12.0. The van der Waals surface area contributed by atoms with Gasteiger partial charge in [0.05, 0.1) is 12.0 Å². The van der Waals surface area contributed by atoms with Gasteiger partial charge in [-0.2, -0.15) is 16.5 Å². The van der Waals surface area contributed by atoms with Crippen molar-refractivity contribution >= 4 is 54.5 Å². The van der Waals surface area contributed by atoms with Crippen molar-refractivity contribution in [1.29, 1.82) is 0 Å². The molecule has 0 saturated heterocycles. The van der Waals surface area contributed by atoms with Crippen molar-refractivity contribution < 1.29 is 17.9 Å². The molecule has 0 aliphatic rings. The number of carbonyl (C=O) groups excluding carboxylic acids is 1. The average molecular weight is 432 g/mol. The molecule has 0 bridgehead atoms. The van der Waals surface area contributed by atoms with E-state index in [-0.39, 0.29) is 4.90 Å². The largest absolute Gasteiger partial charge is 0.468 e. The summed E-state index contributed by atoms with van der Waals surface area (Å²) < 4.78 is 33.6. The van der Waals surface area contributed by atoms with Crippen molar-refractivity contribution in [2.24, 2.45) is 0 Å². The second-order valence-corrected chi connectivity index (χ2v) is 8.59. The van der Waals surface area contributed by atoms with Crippen molar-refractivity contribution in [3.8, 4) is 0 Å². The molecule has 0 aliphatic carbocycles. The van der Waals surface area contributed by atoms with Crippen LogP contribution in [-0.2, 0) is 19.6 Å². The Bertz CT molecular complexity index is 839. The number of hydrogen-bond acceptors (Lipinski definition) is 5. The molecule has 0 aliphatic heterocycles. The van der Waals surface area contributed by atoms with Gasteiger partial charge in [-0.05, 0) is 35.9 Å². The minimum absolute atomic E-state index is 0.138. The van der Waals surface area contributed by atoms with Crippen LogP contribution < -0.4 is 4.72 Å². The second kappa shape index (κ2) is 8.33. The zero-order valence-corrected chi connectivity index (χ0v) is 16.5. The van der Waals surface area contributed by atoms with Gasteiger partial charge in [-0.3, -0.25) is 4.79 Å². The molecule has 2 rings (SSSR count). The zero-order chi connectivity index (χ0) is 17.7. The molecular weight excluding hydrogens is 414 g/mol. The number of methoxy groups -OCH3 is 1. The fourth-order valence-electron chi connectivity index (χ4n) is 2.32. The Hall–Kier alpha value is -1.09. The highest BCUT2D eigenvalue weighted by molar-refractivity contribution is 9.10. The topological polar surface area (TPSA) is 72.5 Å². The van der Waals surface area contributed by atoms with E-state index in [0.717, 1.165) is 9.86 Å². The number of thioether (sulfide) groups is 1. The van der Waals surface area contributed by atoms with Crippen LogP contribution in [0.1, 0.15) is 6.42 Å². The van der Waals surface area contributed by atoms with Gasteiger partial charge in [0, 0.05) is 9.86 Å². The van der Waals surface area contributed by atoms with Gasteiger partial charge in [-0.15, -0.1) is 0 Å². The van der Waals surface area contributed by atoms with E-state index >= 15 is 0 Å². The number of hydrogen-bond donors (Lipinski definition) is 1. The number of halogens is 1. The van der Waals surface area contributed by atoms with E-state index in [2.05, 4.69) is 20.7 Å². The molecule has 2 aromatic rings. The van der Waals surface area contributed by atoms with Gasteiger partial charge in [-0.1, -0.05) is 40.2 Å². The predicted octanol–water partition coefficient (Wildman–Crippen LogP) is 3.18. The number of ether oxygens (including phenoxy) is 1. The first kappa shape index (κ1) is 19.2. The van der Waals surface area contributed by atoms with E-state index in [1.165, 1.54) is 24.9 Å². The normalized spacial score (nSPS) is 13.0. The van der Waals surface area contributed by atoms with E-state index in [4.69, 9.17) is 4.74 Å². The Morgan fingerprint density at radius 1 is 1.25 bits per heavy atom. The standard InChI is InChI=1S/C16H18BrNO4S2/c1-22-16(19)14(9-10-23-2)18-24(20,21)15-8-7-13(17)11-5-3-4-6-12(11)15/h3-8,14,18H,9-10H2,1-2H3. The van der Waals surface area contributed by atoms with E-state index in [1.807, 2.05) is 18.4 Å². The van der Waals surface area contributed by atoms with Gasteiger partial charge in [0.2, 0.25) is 10.0 Å². The fraction of sp³-hybridized carbons (Fsp3) is 0.312. The third kappa shape index (κ3) is 4.30. The van der Waals surface area contributed by atoms with Crippen molar-refractivity contribution in [3.63, 3.8) is 0 Å². The van der Waals surface area contributed by atoms with Gasteiger partial charge in [0.1, 0.15) is 6.04 Å². The maximum atomic E-state index is 12.8. The highest BCUT2D eigenvalue weighted by Crippen LogP contribution is 2.29. The Balaban J connectivity index is 2.43.